The first-order chi connectivity index (χ1) is 12.5. The lowest BCUT2D eigenvalue weighted by Gasteiger charge is -2.34. The summed E-state index contributed by atoms with van der Waals surface area (Å²) in [6, 6.07) is -0.617. The quantitative estimate of drug-likeness (QED) is 0.500. The van der Waals surface area contributed by atoms with Crippen LogP contribution in [-0.2, 0) is 19.1 Å². The molecule has 0 aliphatic carbocycles. The summed E-state index contributed by atoms with van der Waals surface area (Å²) in [6.07, 6.45) is 0.568. The first-order valence-corrected chi connectivity index (χ1v) is 9.26. The predicted molar refractivity (Wildman–Crippen MR) is 90.0 cm³/mol. The van der Waals surface area contributed by atoms with E-state index in [2.05, 4.69) is 0 Å². The highest BCUT2D eigenvalue weighted by Gasteiger charge is 2.42. The number of carbonyl (C=O) groups is 3. The molecule has 0 radical (unpaired) electrons. The molecule has 8 nitrogen and oxygen atoms in total. The standard InChI is InChI=1S/C17H28FN3O5/c1-2-3-5-12(14(18)15(22)19-25)16(23)21-7-4-6-13(21)17(24)20-8-10-26-11-9-20/h12-14,25H,2-11H2,1H3,(H,19,22)/t12-,13?,14+/m1/s1. The summed E-state index contributed by atoms with van der Waals surface area (Å²) in [6.45, 7) is 4.17. The molecule has 26 heavy (non-hydrogen) atoms. The fourth-order valence-corrected chi connectivity index (χ4v) is 3.56. The van der Waals surface area contributed by atoms with Gasteiger partial charge in [0.15, 0.2) is 6.17 Å². The molecule has 0 spiro atoms. The Bertz CT molecular complexity index is 513. The fourth-order valence-electron chi connectivity index (χ4n) is 3.56. The number of amides is 3. The normalized spacial score (nSPS) is 22.8. The molecule has 2 aliphatic heterocycles. The predicted octanol–water partition coefficient (Wildman–Crippen LogP) is 0.486. The number of rotatable bonds is 7. The highest BCUT2D eigenvalue weighted by atomic mass is 19.1. The minimum absolute atomic E-state index is 0.143. The number of likely N-dealkylation sites (tertiary alicyclic amines) is 1. The van der Waals surface area contributed by atoms with Crippen molar-refractivity contribution in [1.82, 2.24) is 15.3 Å². The minimum Gasteiger partial charge on any atom is -0.378 e. The van der Waals surface area contributed by atoms with Crippen molar-refractivity contribution < 1.29 is 28.7 Å². The van der Waals surface area contributed by atoms with Gasteiger partial charge in [0.1, 0.15) is 6.04 Å². The van der Waals surface area contributed by atoms with Crippen LogP contribution >= 0.6 is 0 Å². The van der Waals surface area contributed by atoms with E-state index in [1.54, 1.807) is 4.90 Å². The molecular formula is C17H28FN3O5. The monoisotopic (exact) mass is 373 g/mol. The largest absolute Gasteiger partial charge is 0.378 e. The van der Waals surface area contributed by atoms with E-state index in [0.717, 1.165) is 6.42 Å². The van der Waals surface area contributed by atoms with Gasteiger partial charge in [-0.1, -0.05) is 19.8 Å². The van der Waals surface area contributed by atoms with Crippen molar-refractivity contribution in [1.29, 1.82) is 0 Å². The Morgan fingerprint density at radius 1 is 1.27 bits per heavy atom. The number of hydroxylamine groups is 1. The van der Waals surface area contributed by atoms with E-state index in [1.165, 1.54) is 10.4 Å². The number of alkyl halides is 1. The van der Waals surface area contributed by atoms with Crippen molar-refractivity contribution in [2.45, 2.75) is 51.2 Å². The van der Waals surface area contributed by atoms with E-state index in [-0.39, 0.29) is 12.3 Å². The molecule has 2 rings (SSSR count). The second-order valence-electron chi connectivity index (χ2n) is 6.75. The zero-order valence-corrected chi connectivity index (χ0v) is 15.2. The SMILES string of the molecule is CCCC[C@@H](C(=O)N1CCCC1C(=O)N1CCOCC1)[C@H](F)C(=O)NO. The Balaban J connectivity index is 2.11. The van der Waals surface area contributed by atoms with Gasteiger partial charge in [0.25, 0.3) is 5.91 Å². The van der Waals surface area contributed by atoms with Crippen LogP contribution in [0, 0.1) is 5.92 Å². The lowest BCUT2D eigenvalue weighted by atomic mass is 9.94. The first kappa shape index (κ1) is 20.6. The first-order valence-electron chi connectivity index (χ1n) is 9.26. The average Bonchev–Trinajstić information content (AvgIpc) is 3.17. The van der Waals surface area contributed by atoms with E-state index in [0.29, 0.717) is 52.1 Å². The molecule has 2 saturated heterocycles. The Hall–Kier alpha value is -1.74. The van der Waals surface area contributed by atoms with E-state index < -0.39 is 29.9 Å². The molecule has 2 N–H and O–H groups in total. The average molecular weight is 373 g/mol. The molecule has 3 atom stereocenters. The Kier molecular flexibility index (Phi) is 7.77. The number of unbranched alkanes of at least 4 members (excludes halogenated alkanes) is 1. The van der Waals surface area contributed by atoms with Crippen LogP contribution in [0.4, 0.5) is 4.39 Å². The molecule has 0 aromatic carbocycles. The molecule has 0 bridgehead atoms. The highest BCUT2D eigenvalue weighted by molar-refractivity contribution is 5.92. The molecule has 2 fully saturated rings. The summed E-state index contributed by atoms with van der Waals surface area (Å²) in [5.74, 6) is -3.09. The third kappa shape index (κ3) is 4.70. The van der Waals surface area contributed by atoms with Crippen molar-refractivity contribution >= 4 is 17.7 Å². The summed E-state index contributed by atoms with van der Waals surface area (Å²) in [7, 11) is 0. The van der Waals surface area contributed by atoms with Gasteiger partial charge in [-0.15, -0.1) is 0 Å². The Morgan fingerprint density at radius 2 is 1.96 bits per heavy atom. The lowest BCUT2D eigenvalue weighted by molar-refractivity contribution is -0.152. The van der Waals surface area contributed by atoms with Crippen LogP contribution in [0.15, 0.2) is 0 Å². The molecule has 0 saturated carbocycles. The second kappa shape index (κ2) is 9.82. The van der Waals surface area contributed by atoms with Crippen LogP contribution in [0.2, 0.25) is 0 Å². The number of nitrogens with one attached hydrogen (secondary N) is 1. The summed E-state index contributed by atoms with van der Waals surface area (Å²) in [5, 5.41) is 8.70. The van der Waals surface area contributed by atoms with Gasteiger partial charge in [-0.25, -0.2) is 9.87 Å². The van der Waals surface area contributed by atoms with Crippen LogP contribution in [0.25, 0.3) is 0 Å². The van der Waals surface area contributed by atoms with Crippen molar-refractivity contribution in [2.24, 2.45) is 5.92 Å². The summed E-state index contributed by atoms with van der Waals surface area (Å²) in [5.41, 5.74) is 1.28. The van der Waals surface area contributed by atoms with E-state index in [9.17, 15) is 18.8 Å². The van der Waals surface area contributed by atoms with Crippen LogP contribution in [0.3, 0.4) is 0 Å². The topological polar surface area (TPSA) is 99.2 Å². The van der Waals surface area contributed by atoms with Crippen molar-refractivity contribution in [3.63, 3.8) is 0 Å². The second-order valence-corrected chi connectivity index (χ2v) is 6.75. The molecule has 1 unspecified atom stereocenters. The van der Waals surface area contributed by atoms with Crippen LogP contribution in [0.1, 0.15) is 39.0 Å². The number of hydrogen-bond donors (Lipinski definition) is 2. The highest BCUT2D eigenvalue weighted by Crippen LogP contribution is 2.26. The number of ether oxygens (including phenoxy) is 1. The van der Waals surface area contributed by atoms with Gasteiger partial charge in [0, 0.05) is 19.6 Å². The number of nitrogens with zero attached hydrogens (tertiary/aromatic N) is 2. The maximum absolute atomic E-state index is 14.4. The number of hydrogen-bond acceptors (Lipinski definition) is 5. The fraction of sp³-hybridized carbons (Fsp3) is 0.824. The third-order valence-corrected chi connectivity index (χ3v) is 5.04. The van der Waals surface area contributed by atoms with E-state index >= 15 is 0 Å². The van der Waals surface area contributed by atoms with E-state index in [1.807, 2.05) is 6.92 Å². The zero-order valence-electron chi connectivity index (χ0n) is 15.2. The smallest absolute Gasteiger partial charge is 0.278 e. The van der Waals surface area contributed by atoms with Gasteiger partial charge in [-0.3, -0.25) is 19.6 Å². The zero-order chi connectivity index (χ0) is 19.1. The molecular weight excluding hydrogens is 345 g/mol. The molecule has 2 aliphatic rings. The van der Waals surface area contributed by atoms with Gasteiger partial charge < -0.3 is 14.5 Å². The molecule has 3 amide bonds. The van der Waals surface area contributed by atoms with Gasteiger partial charge >= 0.3 is 0 Å². The van der Waals surface area contributed by atoms with Crippen molar-refractivity contribution in [3.05, 3.63) is 0 Å². The number of carbonyl (C=O) groups excluding carboxylic acids is 3. The van der Waals surface area contributed by atoms with Crippen molar-refractivity contribution in [2.75, 3.05) is 32.8 Å². The number of morpholine rings is 1. The molecule has 0 aromatic heterocycles. The third-order valence-electron chi connectivity index (χ3n) is 5.04. The van der Waals surface area contributed by atoms with E-state index in [4.69, 9.17) is 9.94 Å². The van der Waals surface area contributed by atoms with Gasteiger partial charge in [0.05, 0.1) is 19.1 Å². The van der Waals surface area contributed by atoms with Crippen LogP contribution in [-0.4, -0.2) is 77.8 Å². The van der Waals surface area contributed by atoms with Crippen LogP contribution in [0.5, 0.6) is 0 Å². The lowest BCUT2D eigenvalue weighted by Crippen LogP contribution is -2.53. The van der Waals surface area contributed by atoms with Gasteiger partial charge in [0.2, 0.25) is 11.8 Å². The molecule has 9 heteroatoms. The minimum atomic E-state index is -2.14. The number of halogens is 1. The maximum Gasteiger partial charge on any atom is 0.278 e. The van der Waals surface area contributed by atoms with Crippen molar-refractivity contribution in [3.8, 4) is 0 Å². The molecule has 148 valence electrons. The van der Waals surface area contributed by atoms with Crippen LogP contribution < -0.4 is 5.48 Å². The van der Waals surface area contributed by atoms with Gasteiger partial charge in [-0.05, 0) is 19.3 Å². The Labute approximate surface area is 152 Å². The molecule has 0 aromatic rings. The van der Waals surface area contributed by atoms with Gasteiger partial charge in [-0.2, -0.15) is 0 Å². The Morgan fingerprint density at radius 3 is 2.58 bits per heavy atom. The molecule has 2 heterocycles. The maximum atomic E-state index is 14.4. The summed E-state index contributed by atoms with van der Waals surface area (Å²) >= 11 is 0. The summed E-state index contributed by atoms with van der Waals surface area (Å²) in [4.78, 5) is 40.3. The summed E-state index contributed by atoms with van der Waals surface area (Å²) < 4.78 is 19.7.